The largest absolute Gasteiger partial charge is 0.416 e. The fraction of sp³-hybridized carbons (Fsp3) is 0.400. The number of carbonyl (C=O) groups is 2. The van der Waals surface area contributed by atoms with E-state index in [1.165, 1.54) is 11.0 Å². The van der Waals surface area contributed by atoms with Crippen molar-refractivity contribution in [3.63, 3.8) is 0 Å². The number of alkyl halides is 6. The van der Waals surface area contributed by atoms with Crippen molar-refractivity contribution >= 4 is 11.8 Å². The number of hydrogen-bond acceptors (Lipinski definition) is 2. The second-order valence-electron chi connectivity index (χ2n) is 9.74. The first-order chi connectivity index (χ1) is 19.3. The van der Waals surface area contributed by atoms with Crippen LogP contribution in [0.15, 0.2) is 66.9 Å². The number of rotatable bonds is 12. The Kier molecular flexibility index (Phi) is 10.6. The van der Waals surface area contributed by atoms with E-state index in [4.69, 9.17) is 0 Å². The van der Waals surface area contributed by atoms with Gasteiger partial charge in [-0.15, -0.1) is 0 Å². The zero-order valence-corrected chi connectivity index (χ0v) is 22.9. The first kappa shape index (κ1) is 31.8. The molecule has 0 radical (unpaired) electrons. The van der Waals surface area contributed by atoms with Gasteiger partial charge in [0.2, 0.25) is 5.91 Å². The van der Waals surface area contributed by atoms with Crippen molar-refractivity contribution in [2.24, 2.45) is 0 Å². The number of unbranched alkanes of at least 4 members (excludes halogenated alkanes) is 2. The molecule has 222 valence electrons. The SMILES string of the molecule is CCCCCN(Cc1cccn1Cc1cccc(C(F)(F)F)c1)C(=O)CN(CC)C(=O)c1ccc(C(F)(F)F)cc1. The third-order valence-electron chi connectivity index (χ3n) is 6.72. The molecule has 0 aliphatic carbocycles. The van der Waals surface area contributed by atoms with Crippen LogP contribution in [0.25, 0.3) is 0 Å². The average molecular weight is 582 g/mol. The molecule has 0 aliphatic rings. The van der Waals surface area contributed by atoms with Gasteiger partial charge < -0.3 is 14.4 Å². The topological polar surface area (TPSA) is 45.6 Å². The average Bonchev–Trinajstić information content (AvgIpc) is 3.36. The van der Waals surface area contributed by atoms with E-state index in [1.54, 1.807) is 40.8 Å². The maximum absolute atomic E-state index is 13.4. The van der Waals surface area contributed by atoms with Crippen LogP contribution in [0, 0.1) is 0 Å². The zero-order valence-electron chi connectivity index (χ0n) is 22.9. The molecule has 2 amide bonds. The highest BCUT2D eigenvalue weighted by Crippen LogP contribution is 2.30. The summed E-state index contributed by atoms with van der Waals surface area (Å²) in [5.41, 5.74) is -0.397. The maximum atomic E-state index is 13.4. The quantitative estimate of drug-likeness (QED) is 0.167. The van der Waals surface area contributed by atoms with Gasteiger partial charge in [0.1, 0.15) is 6.54 Å². The summed E-state index contributed by atoms with van der Waals surface area (Å²) in [6.07, 6.45) is -4.74. The lowest BCUT2D eigenvalue weighted by atomic mass is 10.1. The van der Waals surface area contributed by atoms with E-state index in [-0.39, 0.29) is 37.6 Å². The van der Waals surface area contributed by atoms with Crippen molar-refractivity contribution in [3.05, 3.63) is 94.8 Å². The summed E-state index contributed by atoms with van der Waals surface area (Å²) in [5.74, 6) is -0.897. The molecule has 1 heterocycles. The lowest BCUT2D eigenvalue weighted by Gasteiger charge is -2.28. The molecule has 0 saturated heterocycles. The molecule has 0 spiro atoms. The van der Waals surface area contributed by atoms with Gasteiger partial charge in [-0.2, -0.15) is 26.3 Å². The van der Waals surface area contributed by atoms with Gasteiger partial charge in [-0.05, 0) is 67.4 Å². The number of amides is 2. The Labute approximate surface area is 235 Å². The molecule has 0 aliphatic heterocycles. The molecule has 0 fully saturated rings. The van der Waals surface area contributed by atoms with E-state index in [0.29, 0.717) is 17.8 Å². The monoisotopic (exact) mass is 581 g/mol. The molecule has 5 nitrogen and oxygen atoms in total. The first-order valence-corrected chi connectivity index (χ1v) is 13.4. The molecule has 2 aromatic carbocycles. The molecule has 0 N–H and O–H groups in total. The van der Waals surface area contributed by atoms with Gasteiger partial charge in [0, 0.05) is 37.1 Å². The number of carbonyl (C=O) groups excluding carboxylic acids is 2. The van der Waals surface area contributed by atoms with Crippen LogP contribution in [-0.4, -0.2) is 45.8 Å². The van der Waals surface area contributed by atoms with Gasteiger partial charge in [0.05, 0.1) is 17.7 Å². The van der Waals surface area contributed by atoms with Gasteiger partial charge in [-0.1, -0.05) is 31.9 Å². The number of benzene rings is 2. The third-order valence-corrected chi connectivity index (χ3v) is 6.72. The Balaban J connectivity index is 1.76. The Hall–Kier alpha value is -3.76. The van der Waals surface area contributed by atoms with Gasteiger partial charge in [-0.3, -0.25) is 9.59 Å². The van der Waals surface area contributed by atoms with E-state index in [0.717, 1.165) is 55.7 Å². The highest BCUT2D eigenvalue weighted by molar-refractivity contribution is 5.96. The van der Waals surface area contributed by atoms with Crippen molar-refractivity contribution < 1.29 is 35.9 Å². The maximum Gasteiger partial charge on any atom is 0.416 e. The summed E-state index contributed by atoms with van der Waals surface area (Å²) >= 11 is 0. The Morgan fingerprint density at radius 2 is 1.49 bits per heavy atom. The fourth-order valence-corrected chi connectivity index (χ4v) is 4.40. The van der Waals surface area contributed by atoms with Crippen molar-refractivity contribution in [1.29, 1.82) is 0 Å². The highest BCUT2D eigenvalue weighted by Gasteiger charge is 2.31. The number of nitrogens with zero attached hydrogens (tertiary/aromatic N) is 3. The number of halogens is 6. The van der Waals surface area contributed by atoms with Gasteiger partial charge >= 0.3 is 12.4 Å². The number of likely N-dealkylation sites (N-methyl/N-ethyl adjacent to an activating group) is 1. The van der Waals surface area contributed by atoms with Crippen LogP contribution >= 0.6 is 0 Å². The van der Waals surface area contributed by atoms with Crippen LogP contribution in [-0.2, 0) is 30.2 Å². The van der Waals surface area contributed by atoms with E-state index in [1.807, 2.05) is 6.92 Å². The standard InChI is InChI=1S/C30H33F6N3O2/c1-3-5-6-16-39(20-26-11-8-17-38(26)19-22-9-7-10-25(18-22)30(34,35)36)27(40)21-37(4-2)28(41)23-12-14-24(15-13-23)29(31,32)33/h7-15,17-18H,3-6,16,19-21H2,1-2H3. The minimum atomic E-state index is -4.53. The number of hydrogen-bond donors (Lipinski definition) is 0. The molecule has 1 aromatic heterocycles. The van der Waals surface area contributed by atoms with E-state index in [9.17, 15) is 35.9 Å². The lowest BCUT2D eigenvalue weighted by molar-refractivity contribution is -0.138. The normalized spacial score (nSPS) is 11.9. The van der Waals surface area contributed by atoms with Crippen molar-refractivity contribution in [3.8, 4) is 0 Å². The highest BCUT2D eigenvalue weighted by atomic mass is 19.4. The van der Waals surface area contributed by atoms with Crippen LogP contribution in [0.4, 0.5) is 26.3 Å². The second kappa shape index (κ2) is 13.7. The van der Waals surface area contributed by atoms with Crippen molar-refractivity contribution in [2.45, 2.75) is 58.6 Å². The smallest absolute Gasteiger partial charge is 0.345 e. The predicted molar refractivity (Wildman–Crippen MR) is 143 cm³/mol. The third kappa shape index (κ3) is 8.86. The minimum Gasteiger partial charge on any atom is -0.345 e. The van der Waals surface area contributed by atoms with E-state index >= 15 is 0 Å². The van der Waals surface area contributed by atoms with Crippen LogP contribution in [0.1, 0.15) is 65.9 Å². The molecule has 0 saturated carbocycles. The van der Waals surface area contributed by atoms with Crippen LogP contribution < -0.4 is 0 Å². The van der Waals surface area contributed by atoms with Crippen LogP contribution in [0.5, 0.6) is 0 Å². The minimum absolute atomic E-state index is 0.0418. The Morgan fingerprint density at radius 1 is 0.805 bits per heavy atom. The number of aromatic nitrogens is 1. The van der Waals surface area contributed by atoms with Gasteiger partial charge in [0.25, 0.3) is 5.91 Å². The Bertz CT molecular complexity index is 1300. The summed E-state index contributed by atoms with van der Waals surface area (Å²) in [7, 11) is 0. The Morgan fingerprint density at radius 3 is 2.10 bits per heavy atom. The van der Waals surface area contributed by atoms with Crippen molar-refractivity contribution in [1.82, 2.24) is 14.4 Å². The van der Waals surface area contributed by atoms with Crippen molar-refractivity contribution in [2.75, 3.05) is 19.6 Å². The van der Waals surface area contributed by atoms with Gasteiger partial charge in [0.15, 0.2) is 0 Å². The summed E-state index contributed by atoms with van der Waals surface area (Å²) in [5, 5.41) is 0. The second-order valence-corrected chi connectivity index (χ2v) is 9.74. The zero-order chi connectivity index (χ0) is 30.2. The van der Waals surface area contributed by atoms with Crippen LogP contribution in [0.2, 0.25) is 0 Å². The molecule has 41 heavy (non-hydrogen) atoms. The van der Waals surface area contributed by atoms with Gasteiger partial charge in [-0.25, -0.2) is 0 Å². The summed E-state index contributed by atoms with van der Waals surface area (Å²) < 4.78 is 80.0. The molecule has 11 heteroatoms. The summed E-state index contributed by atoms with van der Waals surface area (Å²) in [6, 6.07) is 12.5. The lowest BCUT2D eigenvalue weighted by Crippen LogP contribution is -2.43. The summed E-state index contributed by atoms with van der Waals surface area (Å²) in [4.78, 5) is 29.3. The molecule has 3 aromatic rings. The predicted octanol–water partition coefficient (Wildman–Crippen LogP) is 7.26. The first-order valence-electron chi connectivity index (χ1n) is 13.4. The summed E-state index contributed by atoms with van der Waals surface area (Å²) in [6.45, 7) is 4.37. The molecule has 0 bridgehead atoms. The molecular weight excluding hydrogens is 548 g/mol. The molecule has 3 rings (SSSR count). The molecule has 0 unspecified atom stereocenters. The van der Waals surface area contributed by atoms with Crippen LogP contribution in [0.3, 0.4) is 0 Å². The van der Waals surface area contributed by atoms with E-state index in [2.05, 4.69) is 0 Å². The van der Waals surface area contributed by atoms with E-state index < -0.39 is 29.4 Å². The molecule has 0 atom stereocenters. The fourth-order valence-electron chi connectivity index (χ4n) is 4.40. The molecular formula is C30H33F6N3O2.